The van der Waals surface area contributed by atoms with Crippen molar-refractivity contribution in [3.05, 3.63) is 0 Å². The number of nitrogens with zero attached hydrogens (tertiary/aromatic N) is 3. The van der Waals surface area contributed by atoms with Crippen LogP contribution in [0.2, 0.25) is 0 Å². The van der Waals surface area contributed by atoms with Crippen molar-refractivity contribution in [1.29, 1.82) is 0 Å². The monoisotopic (exact) mass is 213 g/mol. The molecule has 0 rings (SSSR count). The van der Waals surface area contributed by atoms with Crippen molar-refractivity contribution in [2.75, 3.05) is 26.2 Å². The Bertz CT molecular complexity index is 183. The van der Waals surface area contributed by atoms with Gasteiger partial charge in [0.05, 0.1) is 0 Å². The molecule has 3 nitrogen and oxygen atoms in total. The fourth-order valence-corrected chi connectivity index (χ4v) is 1.76. The molecule has 0 aromatic heterocycles. The highest BCUT2D eigenvalue weighted by molar-refractivity contribution is 5.80. The average Bonchev–Trinajstić information content (AvgIpc) is 2.20. The fraction of sp³-hybridized carbons (Fsp3) is 0.917. The van der Waals surface area contributed by atoms with E-state index in [1.807, 2.05) is 0 Å². The zero-order chi connectivity index (χ0) is 11.8. The van der Waals surface area contributed by atoms with Crippen LogP contribution in [0.15, 0.2) is 4.99 Å². The molecule has 0 aliphatic heterocycles. The van der Waals surface area contributed by atoms with Gasteiger partial charge in [-0.15, -0.1) is 0 Å². The molecule has 0 aliphatic rings. The molecule has 0 amide bonds. The minimum absolute atomic E-state index is 0.515. The van der Waals surface area contributed by atoms with Gasteiger partial charge in [-0.05, 0) is 41.5 Å². The van der Waals surface area contributed by atoms with Gasteiger partial charge in [0, 0.05) is 32.2 Å². The topological polar surface area (TPSA) is 18.8 Å². The molecule has 0 aromatic rings. The maximum atomic E-state index is 4.63. The van der Waals surface area contributed by atoms with Crippen molar-refractivity contribution in [1.82, 2.24) is 9.80 Å². The second-order valence-corrected chi connectivity index (χ2v) is 3.83. The lowest BCUT2D eigenvalue weighted by atomic mass is 10.3. The number of hydrogen-bond acceptors (Lipinski definition) is 1. The molecule has 0 saturated heterocycles. The molecular weight excluding hydrogens is 186 g/mol. The smallest absolute Gasteiger partial charge is 0.196 e. The summed E-state index contributed by atoms with van der Waals surface area (Å²) in [5.74, 6) is 1.15. The number of guanidine groups is 1. The summed E-state index contributed by atoms with van der Waals surface area (Å²) in [5.41, 5.74) is 0. The van der Waals surface area contributed by atoms with Gasteiger partial charge in [-0.2, -0.15) is 0 Å². The summed E-state index contributed by atoms with van der Waals surface area (Å²) >= 11 is 0. The molecule has 0 heterocycles. The molecule has 0 radical (unpaired) electrons. The van der Waals surface area contributed by atoms with Crippen LogP contribution >= 0.6 is 0 Å². The average molecular weight is 213 g/mol. The summed E-state index contributed by atoms with van der Waals surface area (Å²) in [6.07, 6.45) is 0. The predicted octanol–water partition coefficient (Wildman–Crippen LogP) is 2.43. The first-order chi connectivity index (χ1) is 7.12. The number of hydrogen-bond donors (Lipinski definition) is 0. The first-order valence-electron chi connectivity index (χ1n) is 6.18. The molecule has 0 atom stereocenters. The molecule has 0 saturated carbocycles. The van der Waals surface area contributed by atoms with Gasteiger partial charge in [0.2, 0.25) is 0 Å². The Morgan fingerprint density at radius 1 is 1.00 bits per heavy atom. The van der Waals surface area contributed by atoms with Crippen LogP contribution in [0, 0.1) is 0 Å². The minimum atomic E-state index is 0.515. The molecule has 90 valence electrons. The van der Waals surface area contributed by atoms with Crippen LogP contribution in [0.25, 0.3) is 0 Å². The molecule has 0 spiro atoms. The van der Waals surface area contributed by atoms with Gasteiger partial charge in [-0.3, -0.25) is 4.99 Å². The van der Waals surface area contributed by atoms with Crippen molar-refractivity contribution < 1.29 is 0 Å². The zero-order valence-electron chi connectivity index (χ0n) is 11.2. The molecule has 0 bridgehead atoms. The van der Waals surface area contributed by atoms with Gasteiger partial charge in [-0.1, -0.05) is 0 Å². The Morgan fingerprint density at radius 3 is 1.80 bits per heavy atom. The molecule has 0 N–H and O–H groups in total. The predicted molar refractivity (Wildman–Crippen MR) is 68.4 cm³/mol. The van der Waals surface area contributed by atoms with E-state index in [-0.39, 0.29) is 0 Å². The van der Waals surface area contributed by atoms with Gasteiger partial charge in [0.25, 0.3) is 0 Å². The Labute approximate surface area is 95.2 Å². The lowest BCUT2D eigenvalue weighted by Gasteiger charge is -2.35. The third-order valence-corrected chi connectivity index (χ3v) is 2.57. The van der Waals surface area contributed by atoms with Gasteiger partial charge < -0.3 is 9.80 Å². The van der Waals surface area contributed by atoms with E-state index in [1.54, 1.807) is 0 Å². The maximum absolute atomic E-state index is 4.63. The van der Waals surface area contributed by atoms with Gasteiger partial charge in [-0.25, -0.2) is 0 Å². The van der Waals surface area contributed by atoms with Crippen LogP contribution < -0.4 is 0 Å². The molecule has 0 unspecified atom stereocenters. The summed E-state index contributed by atoms with van der Waals surface area (Å²) in [6, 6.07) is 0.515. The summed E-state index contributed by atoms with van der Waals surface area (Å²) in [7, 11) is 0. The fourth-order valence-electron chi connectivity index (χ4n) is 1.76. The van der Waals surface area contributed by atoms with Crippen molar-refractivity contribution in [3.63, 3.8) is 0 Å². The quantitative estimate of drug-likeness (QED) is 0.516. The molecule has 0 aromatic carbocycles. The third-order valence-electron chi connectivity index (χ3n) is 2.57. The molecular formula is C12H27N3. The molecule has 15 heavy (non-hydrogen) atoms. The Kier molecular flexibility index (Phi) is 7.18. The normalized spacial score (nSPS) is 12.1. The van der Waals surface area contributed by atoms with Crippen LogP contribution in [-0.2, 0) is 0 Å². The zero-order valence-corrected chi connectivity index (χ0v) is 11.2. The Balaban J connectivity index is 4.84. The lowest BCUT2D eigenvalue weighted by molar-refractivity contribution is 0.298. The van der Waals surface area contributed by atoms with Crippen molar-refractivity contribution in [2.45, 2.75) is 47.6 Å². The van der Waals surface area contributed by atoms with E-state index in [9.17, 15) is 0 Å². The van der Waals surface area contributed by atoms with Gasteiger partial charge in [0.15, 0.2) is 5.96 Å². The van der Waals surface area contributed by atoms with Crippen LogP contribution in [0.1, 0.15) is 41.5 Å². The Hall–Kier alpha value is -0.730. The summed E-state index contributed by atoms with van der Waals surface area (Å²) < 4.78 is 0. The van der Waals surface area contributed by atoms with Crippen molar-refractivity contribution >= 4 is 5.96 Å². The lowest BCUT2D eigenvalue weighted by Crippen LogP contribution is -2.47. The number of rotatable bonds is 5. The maximum Gasteiger partial charge on any atom is 0.196 e. The summed E-state index contributed by atoms with van der Waals surface area (Å²) in [6.45, 7) is 17.0. The van der Waals surface area contributed by atoms with E-state index >= 15 is 0 Å². The highest BCUT2D eigenvalue weighted by Gasteiger charge is 2.16. The highest BCUT2D eigenvalue weighted by Crippen LogP contribution is 2.05. The van der Waals surface area contributed by atoms with Crippen LogP contribution in [0.3, 0.4) is 0 Å². The molecule has 0 fully saturated rings. The van der Waals surface area contributed by atoms with Crippen LogP contribution in [0.5, 0.6) is 0 Å². The number of aliphatic imine (C=N–C) groups is 1. The molecule has 0 aliphatic carbocycles. The van der Waals surface area contributed by atoms with E-state index in [4.69, 9.17) is 0 Å². The summed E-state index contributed by atoms with van der Waals surface area (Å²) in [5, 5.41) is 0. The largest absolute Gasteiger partial charge is 0.343 e. The van der Waals surface area contributed by atoms with E-state index < -0.39 is 0 Å². The van der Waals surface area contributed by atoms with Crippen LogP contribution in [0.4, 0.5) is 0 Å². The Morgan fingerprint density at radius 2 is 1.53 bits per heavy atom. The van der Waals surface area contributed by atoms with E-state index in [1.165, 1.54) is 0 Å². The summed E-state index contributed by atoms with van der Waals surface area (Å²) in [4.78, 5) is 9.31. The van der Waals surface area contributed by atoms with E-state index in [0.717, 1.165) is 32.1 Å². The molecule has 3 heteroatoms. The third kappa shape index (κ3) is 4.10. The van der Waals surface area contributed by atoms with Gasteiger partial charge >= 0.3 is 0 Å². The van der Waals surface area contributed by atoms with E-state index in [0.29, 0.717) is 6.04 Å². The van der Waals surface area contributed by atoms with Gasteiger partial charge in [0.1, 0.15) is 0 Å². The first-order valence-corrected chi connectivity index (χ1v) is 6.18. The van der Waals surface area contributed by atoms with Crippen molar-refractivity contribution in [3.8, 4) is 0 Å². The van der Waals surface area contributed by atoms with E-state index in [2.05, 4.69) is 56.3 Å². The van der Waals surface area contributed by atoms with Crippen LogP contribution in [-0.4, -0.2) is 48.0 Å². The second kappa shape index (κ2) is 7.55. The first kappa shape index (κ1) is 14.3. The second-order valence-electron chi connectivity index (χ2n) is 3.83. The standard InChI is InChI=1S/C12H27N3/c1-7-13-12(14(8-2)9-3)15(10-4)11(5)6/h11H,7-10H2,1-6H3. The highest BCUT2D eigenvalue weighted by atomic mass is 15.4. The minimum Gasteiger partial charge on any atom is -0.343 e. The SMILES string of the molecule is CCN=C(N(CC)CC)N(CC)C(C)C. The van der Waals surface area contributed by atoms with Crippen molar-refractivity contribution in [2.24, 2.45) is 4.99 Å².